The lowest BCUT2D eigenvalue weighted by molar-refractivity contribution is -0.141. The highest BCUT2D eigenvalue weighted by Crippen LogP contribution is 2.25. The van der Waals surface area contributed by atoms with Crippen molar-refractivity contribution in [1.29, 1.82) is 0 Å². The summed E-state index contributed by atoms with van der Waals surface area (Å²) < 4.78 is 10.6. The van der Waals surface area contributed by atoms with Crippen LogP contribution in [0.15, 0.2) is 54.6 Å². The van der Waals surface area contributed by atoms with Gasteiger partial charge in [-0.2, -0.15) is 0 Å². The maximum atomic E-state index is 13.5. The van der Waals surface area contributed by atoms with E-state index in [4.69, 9.17) is 9.47 Å². The number of amides is 2. The molecule has 1 N–H and O–H groups in total. The second kappa shape index (κ2) is 13.0. The summed E-state index contributed by atoms with van der Waals surface area (Å²) in [5, 5.41) is 3.07. The fraction of sp³-hybridized carbons (Fsp3) is 0.462. The Kier molecular flexibility index (Phi) is 9.72. The molecule has 7 nitrogen and oxygen atoms in total. The Labute approximate surface area is 196 Å². The van der Waals surface area contributed by atoms with Crippen LogP contribution < -0.4 is 10.1 Å². The fourth-order valence-corrected chi connectivity index (χ4v) is 3.98. The van der Waals surface area contributed by atoms with Crippen molar-refractivity contribution in [2.75, 3.05) is 46.5 Å². The van der Waals surface area contributed by atoms with Crippen LogP contribution in [-0.4, -0.2) is 68.1 Å². The van der Waals surface area contributed by atoms with Crippen molar-refractivity contribution >= 4 is 11.8 Å². The molecule has 0 aliphatic carbocycles. The molecule has 0 spiro atoms. The molecule has 7 heteroatoms. The van der Waals surface area contributed by atoms with E-state index in [1.807, 2.05) is 61.5 Å². The van der Waals surface area contributed by atoms with E-state index in [9.17, 15) is 9.59 Å². The lowest BCUT2D eigenvalue weighted by Crippen LogP contribution is -2.46. The van der Waals surface area contributed by atoms with Gasteiger partial charge in [0.15, 0.2) is 0 Å². The fourth-order valence-electron chi connectivity index (χ4n) is 3.98. The lowest BCUT2D eigenvalue weighted by atomic mass is 10.0. The van der Waals surface area contributed by atoms with Gasteiger partial charge < -0.3 is 19.7 Å². The predicted octanol–water partition coefficient (Wildman–Crippen LogP) is 3.01. The molecule has 2 aromatic carbocycles. The number of nitrogens with one attached hydrogen (secondary N) is 1. The Morgan fingerprint density at radius 2 is 1.79 bits per heavy atom. The van der Waals surface area contributed by atoms with Crippen LogP contribution >= 0.6 is 0 Å². The van der Waals surface area contributed by atoms with Gasteiger partial charge in [-0.15, -0.1) is 0 Å². The van der Waals surface area contributed by atoms with Gasteiger partial charge >= 0.3 is 0 Å². The molecular formula is C26H35N3O4. The Hall–Kier alpha value is -2.90. The average Bonchev–Trinajstić information content (AvgIpc) is 2.85. The van der Waals surface area contributed by atoms with Crippen molar-refractivity contribution in [3.8, 4) is 5.75 Å². The van der Waals surface area contributed by atoms with Crippen LogP contribution in [0, 0.1) is 0 Å². The number of nitrogens with zero attached hydrogens (tertiary/aromatic N) is 2. The summed E-state index contributed by atoms with van der Waals surface area (Å²) in [6, 6.07) is 16.5. The van der Waals surface area contributed by atoms with E-state index in [-0.39, 0.29) is 11.8 Å². The van der Waals surface area contributed by atoms with Crippen molar-refractivity contribution < 1.29 is 19.1 Å². The zero-order valence-corrected chi connectivity index (χ0v) is 19.7. The SMILES string of the molecule is CCCC(=O)N(Cc1ccc(OC)cc1)[C@@H](C(=O)NCCN1CCOCC1)c1ccccc1. The number of carbonyl (C=O) groups is 2. The topological polar surface area (TPSA) is 71.1 Å². The molecule has 0 unspecified atom stereocenters. The van der Waals surface area contributed by atoms with E-state index < -0.39 is 6.04 Å². The maximum absolute atomic E-state index is 13.5. The Bertz CT molecular complexity index is 867. The number of carbonyl (C=O) groups excluding carboxylic acids is 2. The Morgan fingerprint density at radius 1 is 1.09 bits per heavy atom. The Morgan fingerprint density at radius 3 is 2.42 bits per heavy atom. The molecule has 3 rings (SSSR count). The van der Waals surface area contributed by atoms with Crippen LogP contribution in [0.2, 0.25) is 0 Å². The highest BCUT2D eigenvalue weighted by Gasteiger charge is 2.31. The number of rotatable bonds is 11. The van der Waals surface area contributed by atoms with Crippen molar-refractivity contribution in [2.45, 2.75) is 32.4 Å². The second-order valence-corrected chi connectivity index (χ2v) is 8.18. The van der Waals surface area contributed by atoms with Crippen LogP contribution in [0.1, 0.15) is 36.9 Å². The molecule has 0 radical (unpaired) electrons. The average molecular weight is 454 g/mol. The zero-order valence-electron chi connectivity index (χ0n) is 19.7. The second-order valence-electron chi connectivity index (χ2n) is 8.18. The zero-order chi connectivity index (χ0) is 23.5. The highest BCUT2D eigenvalue weighted by atomic mass is 16.5. The van der Waals surface area contributed by atoms with Crippen molar-refractivity contribution in [2.24, 2.45) is 0 Å². The summed E-state index contributed by atoms with van der Waals surface area (Å²) >= 11 is 0. The molecule has 1 atom stereocenters. The van der Waals surface area contributed by atoms with E-state index >= 15 is 0 Å². The molecule has 1 saturated heterocycles. The van der Waals surface area contributed by atoms with Gasteiger partial charge in [0.1, 0.15) is 11.8 Å². The standard InChI is InChI=1S/C26H35N3O4/c1-3-7-24(30)29(20-21-10-12-23(32-2)13-11-21)25(22-8-5-4-6-9-22)26(31)27-14-15-28-16-18-33-19-17-28/h4-6,8-13,25H,3,7,14-20H2,1-2H3,(H,27,31)/t25-/m1/s1. The van der Waals surface area contributed by atoms with Gasteiger partial charge in [-0.3, -0.25) is 14.5 Å². The lowest BCUT2D eigenvalue weighted by Gasteiger charge is -2.32. The molecule has 178 valence electrons. The third kappa shape index (κ3) is 7.30. The number of hydrogen-bond acceptors (Lipinski definition) is 5. The molecule has 1 aliphatic heterocycles. The van der Waals surface area contributed by atoms with Crippen molar-refractivity contribution in [1.82, 2.24) is 15.1 Å². The van der Waals surface area contributed by atoms with Gasteiger partial charge in [0, 0.05) is 39.1 Å². The third-order valence-corrected chi connectivity index (χ3v) is 5.80. The van der Waals surface area contributed by atoms with E-state index in [0.29, 0.717) is 19.5 Å². The van der Waals surface area contributed by atoms with Gasteiger partial charge in [-0.05, 0) is 29.7 Å². The molecule has 1 aliphatic rings. The molecule has 33 heavy (non-hydrogen) atoms. The summed E-state index contributed by atoms with van der Waals surface area (Å²) in [4.78, 5) is 30.6. The van der Waals surface area contributed by atoms with Crippen molar-refractivity contribution in [3.63, 3.8) is 0 Å². The molecule has 0 saturated carbocycles. The molecule has 1 fully saturated rings. The molecule has 2 aromatic rings. The van der Waals surface area contributed by atoms with Crippen LogP contribution in [0.4, 0.5) is 0 Å². The number of morpholine rings is 1. The summed E-state index contributed by atoms with van der Waals surface area (Å²) in [6.07, 6.45) is 1.11. The van der Waals surface area contributed by atoms with E-state index in [0.717, 1.165) is 56.1 Å². The molecule has 2 amide bonds. The molecule has 0 aromatic heterocycles. The first-order valence-corrected chi connectivity index (χ1v) is 11.7. The minimum absolute atomic E-state index is 0.0366. The Balaban J connectivity index is 1.80. The van der Waals surface area contributed by atoms with Crippen LogP contribution in [-0.2, 0) is 20.9 Å². The number of methoxy groups -OCH3 is 1. The highest BCUT2D eigenvalue weighted by molar-refractivity contribution is 5.88. The van der Waals surface area contributed by atoms with Gasteiger partial charge in [0.2, 0.25) is 11.8 Å². The minimum Gasteiger partial charge on any atom is -0.497 e. The normalized spacial score (nSPS) is 15.0. The summed E-state index contributed by atoms with van der Waals surface area (Å²) in [5.74, 6) is 0.559. The van der Waals surface area contributed by atoms with E-state index in [1.165, 1.54) is 0 Å². The number of hydrogen-bond donors (Lipinski definition) is 1. The van der Waals surface area contributed by atoms with Gasteiger partial charge in [0.05, 0.1) is 20.3 Å². The molecular weight excluding hydrogens is 418 g/mol. The van der Waals surface area contributed by atoms with Crippen LogP contribution in [0.25, 0.3) is 0 Å². The first-order chi connectivity index (χ1) is 16.1. The maximum Gasteiger partial charge on any atom is 0.247 e. The summed E-state index contributed by atoms with van der Waals surface area (Å²) in [7, 11) is 1.62. The minimum atomic E-state index is -0.697. The van der Waals surface area contributed by atoms with Gasteiger partial charge in [-0.1, -0.05) is 49.4 Å². The predicted molar refractivity (Wildman–Crippen MR) is 128 cm³/mol. The van der Waals surface area contributed by atoms with Crippen LogP contribution in [0.3, 0.4) is 0 Å². The summed E-state index contributed by atoms with van der Waals surface area (Å²) in [6.45, 7) is 6.80. The monoisotopic (exact) mass is 453 g/mol. The first-order valence-electron chi connectivity index (χ1n) is 11.7. The van der Waals surface area contributed by atoms with Crippen molar-refractivity contribution in [3.05, 3.63) is 65.7 Å². The summed E-state index contributed by atoms with van der Waals surface area (Å²) in [5.41, 5.74) is 1.75. The largest absolute Gasteiger partial charge is 0.497 e. The van der Waals surface area contributed by atoms with E-state index in [2.05, 4.69) is 10.2 Å². The number of benzene rings is 2. The molecule has 1 heterocycles. The van der Waals surface area contributed by atoms with Crippen LogP contribution in [0.5, 0.6) is 5.75 Å². The number of ether oxygens (including phenoxy) is 2. The molecule has 0 bridgehead atoms. The van der Waals surface area contributed by atoms with E-state index in [1.54, 1.807) is 12.0 Å². The third-order valence-electron chi connectivity index (χ3n) is 5.80. The smallest absolute Gasteiger partial charge is 0.247 e. The van der Waals surface area contributed by atoms with Gasteiger partial charge in [0.25, 0.3) is 0 Å². The van der Waals surface area contributed by atoms with Gasteiger partial charge in [-0.25, -0.2) is 0 Å². The first kappa shape index (κ1) is 24.7. The quantitative estimate of drug-likeness (QED) is 0.566.